The zero-order valence-electron chi connectivity index (χ0n) is 15.8. The summed E-state index contributed by atoms with van der Waals surface area (Å²) in [7, 11) is 0. The van der Waals surface area contributed by atoms with Crippen molar-refractivity contribution in [2.75, 3.05) is 39.3 Å². The monoisotopic (exact) mass is 365 g/mol. The number of carbonyl (C=O) groups is 1. The summed E-state index contributed by atoms with van der Waals surface area (Å²) < 4.78 is 1.92. The fourth-order valence-corrected chi connectivity index (χ4v) is 5.51. The van der Waals surface area contributed by atoms with Gasteiger partial charge in [0.2, 0.25) is 5.91 Å². The molecule has 5 heterocycles. The first-order valence-corrected chi connectivity index (χ1v) is 9.91. The number of hydrogen-bond donors (Lipinski definition) is 1. The average molecular weight is 365 g/mol. The summed E-state index contributed by atoms with van der Waals surface area (Å²) in [6, 6.07) is 11.0. The molecule has 1 aromatic carbocycles. The van der Waals surface area contributed by atoms with Gasteiger partial charge in [0.15, 0.2) is 0 Å². The van der Waals surface area contributed by atoms with E-state index in [9.17, 15) is 4.79 Å². The third kappa shape index (κ3) is 2.87. The number of fused-ring (bicyclic) bond motifs is 1. The molecule has 27 heavy (non-hydrogen) atoms. The third-order valence-electron chi connectivity index (χ3n) is 6.70. The lowest BCUT2D eigenvalue weighted by atomic mass is 9.64. The number of nitrogens with one attached hydrogen (secondary N) is 1. The maximum absolute atomic E-state index is 12.9. The molecule has 4 aliphatic heterocycles. The highest BCUT2D eigenvalue weighted by molar-refractivity contribution is 5.76. The van der Waals surface area contributed by atoms with Gasteiger partial charge in [-0.05, 0) is 12.5 Å². The molecule has 0 saturated carbocycles. The van der Waals surface area contributed by atoms with E-state index in [2.05, 4.69) is 50.4 Å². The Morgan fingerprint density at radius 1 is 1.19 bits per heavy atom. The van der Waals surface area contributed by atoms with Crippen LogP contribution in [0.2, 0.25) is 0 Å². The van der Waals surface area contributed by atoms with Gasteiger partial charge < -0.3 is 19.7 Å². The molecule has 4 saturated heterocycles. The highest BCUT2D eigenvalue weighted by Gasteiger charge is 2.55. The molecule has 2 aromatic rings. The van der Waals surface area contributed by atoms with Crippen LogP contribution in [0.3, 0.4) is 0 Å². The fourth-order valence-electron chi connectivity index (χ4n) is 5.51. The molecular formula is C21H27N5O. The molecule has 6 heteroatoms. The Kier molecular flexibility index (Phi) is 4.06. The Hall–Kier alpha value is -2.18. The highest BCUT2D eigenvalue weighted by Crippen LogP contribution is 2.43. The number of carbonyl (C=O) groups excluding carboxylic acids is 1. The van der Waals surface area contributed by atoms with E-state index < -0.39 is 0 Å². The van der Waals surface area contributed by atoms with Crippen LogP contribution in [0.15, 0.2) is 42.7 Å². The van der Waals surface area contributed by atoms with Gasteiger partial charge >= 0.3 is 0 Å². The topological polar surface area (TPSA) is 53.4 Å². The summed E-state index contributed by atoms with van der Waals surface area (Å²) in [6.45, 7) is 8.78. The minimum Gasteiger partial charge on any atom is -0.350 e. The summed E-state index contributed by atoms with van der Waals surface area (Å²) >= 11 is 0. The van der Waals surface area contributed by atoms with Crippen LogP contribution in [0.25, 0.3) is 0 Å². The Bertz CT molecular complexity index is 816. The van der Waals surface area contributed by atoms with Crippen molar-refractivity contribution < 1.29 is 4.79 Å². The SMILES string of the molecule is Cc1nccn1CC(=O)N[C@H]1C2CN3CCN(C2)CC1(c1ccccc1)C3. The first-order valence-electron chi connectivity index (χ1n) is 9.91. The van der Waals surface area contributed by atoms with Crippen molar-refractivity contribution in [3.05, 3.63) is 54.1 Å². The predicted octanol–water partition coefficient (Wildman–Crippen LogP) is 0.875. The molecule has 1 amide bonds. The average Bonchev–Trinajstić information content (AvgIpc) is 2.90. The zero-order valence-corrected chi connectivity index (χ0v) is 15.8. The second-order valence-corrected chi connectivity index (χ2v) is 8.40. The molecule has 4 bridgehead atoms. The van der Waals surface area contributed by atoms with Gasteiger partial charge in [0.1, 0.15) is 12.4 Å². The van der Waals surface area contributed by atoms with E-state index in [1.165, 1.54) is 5.56 Å². The number of benzene rings is 1. The number of rotatable bonds is 4. The number of hydrogen-bond acceptors (Lipinski definition) is 4. The van der Waals surface area contributed by atoms with Crippen molar-refractivity contribution in [2.24, 2.45) is 5.92 Å². The minimum absolute atomic E-state index is 0.0292. The van der Waals surface area contributed by atoms with E-state index >= 15 is 0 Å². The molecule has 6 rings (SSSR count). The van der Waals surface area contributed by atoms with Crippen LogP contribution in [0, 0.1) is 12.8 Å². The second kappa shape index (κ2) is 6.46. The van der Waals surface area contributed by atoms with Crippen molar-refractivity contribution in [2.45, 2.75) is 24.9 Å². The summed E-state index contributed by atoms with van der Waals surface area (Å²) in [5.41, 5.74) is 1.33. The van der Waals surface area contributed by atoms with Gasteiger partial charge in [-0.3, -0.25) is 4.79 Å². The van der Waals surface area contributed by atoms with Crippen molar-refractivity contribution in [3.63, 3.8) is 0 Å². The number of aryl methyl sites for hydroxylation is 1. The number of nitrogens with zero attached hydrogens (tertiary/aromatic N) is 4. The standard InChI is InChI=1S/C21H27N5O/c1-16-22-7-8-26(16)13-19(27)23-20-17-11-24-9-10-25(12-17)15-21(20,14-24)18-5-3-2-4-6-18/h2-8,17,20H,9-15H2,1H3,(H,23,27)/t17?,20-,21?/m0/s1. The first kappa shape index (κ1) is 17.0. The van der Waals surface area contributed by atoms with Crippen LogP contribution in [0.5, 0.6) is 0 Å². The lowest BCUT2D eigenvalue weighted by molar-refractivity contribution is -0.125. The van der Waals surface area contributed by atoms with Gasteiger partial charge in [-0.15, -0.1) is 0 Å². The van der Waals surface area contributed by atoms with E-state index in [-0.39, 0.29) is 17.4 Å². The van der Waals surface area contributed by atoms with Crippen molar-refractivity contribution in [3.8, 4) is 0 Å². The molecular weight excluding hydrogens is 338 g/mol. The zero-order chi connectivity index (χ0) is 18.4. The van der Waals surface area contributed by atoms with Crippen LogP contribution < -0.4 is 5.32 Å². The smallest absolute Gasteiger partial charge is 0.240 e. The summed E-state index contributed by atoms with van der Waals surface area (Å²) in [5, 5.41) is 3.45. The summed E-state index contributed by atoms with van der Waals surface area (Å²) in [4.78, 5) is 22.4. The molecule has 4 aliphatic rings. The third-order valence-corrected chi connectivity index (χ3v) is 6.70. The molecule has 0 radical (unpaired) electrons. The first-order chi connectivity index (χ1) is 13.1. The molecule has 0 aliphatic carbocycles. The van der Waals surface area contributed by atoms with Crippen molar-refractivity contribution in [1.29, 1.82) is 0 Å². The lowest BCUT2D eigenvalue weighted by Gasteiger charge is -2.55. The van der Waals surface area contributed by atoms with Gasteiger partial charge in [-0.1, -0.05) is 30.3 Å². The number of aromatic nitrogens is 2. The molecule has 1 aromatic heterocycles. The maximum Gasteiger partial charge on any atom is 0.240 e. The second-order valence-electron chi connectivity index (χ2n) is 8.40. The van der Waals surface area contributed by atoms with E-state index in [1.54, 1.807) is 6.20 Å². The van der Waals surface area contributed by atoms with Crippen LogP contribution >= 0.6 is 0 Å². The highest BCUT2D eigenvalue weighted by atomic mass is 16.2. The lowest BCUT2D eigenvalue weighted by Crippen LogP contribution is -2.70. The molecule has 4 fully saturated rings. The molecule has 142 valence electrons. The van der Waals surface area contributed by atoms with E-state index in [1.807, 2.05) is 17.7 Å². The normalized spacial score (nSPS) is 34.4. The van der Waals surface area contributed by atoms with Crippen molar-refractivity contribution in [1.82, 2.24) is 24.7 Å². The molecule has 3 atom stereocenters. The van der Waals surface area contributed by atoms with E-state index in [4.69, 9.17) is 0 Å². The van der Waals surface area contributed by atoms with Crippen LogP contribution in [-0.4, -0.2) is 70.6 Å². The largest absolute Gasteiger partial charge is 0.350 e. The van der Waals surface area contributed by atoms with Gasteiger partial charge in [0.25, 0.3) is 0 Å². The Labute approximate surface area is 160 Å². The minimum atomic E-state index is -0.0292. The summed E-state index contributed by atoms with van der Waals surface area (Å²) in [6.07, 6.45) is 3.63. The van der Waals surface area contributed by atoms with Crippen molar-refractivity contribution >= 4 is 5.91 Å². The van der Waals surface area contributed by atoms with Gasteiger partial charge in [0.05, 0.1) is 0 Å². The molecule has 1 N–H and O–H groups in total. The van der Waals surface area contributed by atoms with Gasteiger partial charge in [-0.25, -0.2) is 4.98 Å². The predicted molar refractivity (Wildman–Crippen MR) is 103 cm³/mol. The Morgan fingerprint density at radius 3 is 2.52 bits per heavy atom. The summed E-state index contributed by atoms with van der Waals surface area (Å²) in [5.74, 6) is 1.44. The molecule has 6 nitrogen and oxygen atoms in total. The molecule has 0 spiro atoms. The quantitative estimate of drug-likeness (QED) is 0.874. The van der Waals surface area contributed by atoms with Gasteiger partial charge in [-0.2, -0.15) is 0 Å². The fraction of sp³-hybridized carbons (Fsp3) is 0.524. The maximum atomic E-state index is 12.9. The molecule has 2 unspecified atom stereocenters. The Morgan fingerprint density at radius 2 is 1.89 bits per heavy atom. The van der Waals surface area contributed by atoms with Crippen LogP contribution in [0.1, 0.15) is 11.4 Å². The number of imidazole rings is 1. The van der Waals surface area contributed by atoms with Crippen LogP contribution in [-0.2, 0) is 16.8 Å². The van der Waals surface area contributed by atoms with E-state index in [0.29, 0.717) is 12.5 Å². The Balaban J connectivity index is 1.46. The van der Waals surface area contributed by atoms with Gasteiger partial charge in [0, 0.05) is 69.0 Å². The van der Waals surface area contributed by atoms with Crippen LogP contribution in [0.4, 0.5) is 0 Å². The van der Waals surface area contributed by atoms with E-state index in [0.717, 1.165) is 45.1 Å². The number of amides is 1. The number of piperidine rings is 2.